The minimum atomic E-state index is -0.197. The average molecular weight is 464 g/mol. The summed E-state index contributed by atoms with van der Waals surface area (Å²) < 4.78 is 0.927. The molecule has 1 unspecified atom stereocenters. The van der Waals surface area contributed by atoms with Crippen LogP contribution in [0.15, 0.2) is 83.3 Å². The fraction of sp³-hybridized carbons (Fsp3) is 0.0833. The normalized spacial score (nSPS) is 19.0. The topological polar surface area (TPSA) is 0 Å². The summed E-state index contributed by atoms with van der Waals surface area (Å²) in [6.45, 7) is 0. The third kappa shape index (κ3) is 2.55. The summed E-state index contributed by atoms with van der Waals surface area (Å²) in [7, 11) is 0. The molecule has 126 valence electrons. The van der Waals surface area contributed by atoms with Gasteiger partial charge >= 0.3 is 0 Å². The fourth-order valence-electron chi connectivity index (χ4n) is 4.02. The van der Waals surface area contributed by atoms with Crippen molar-refractivity contribution in [3.8, 4) is 0 Å². The minimum Gasteiger partial charge on any atom is -0.0751 e. The average Bonchev–Trinajstić information content (AvgIpc) is 2.67. The van der Waals surface area contributed by atoms with Crippen LogP contribution in [-0.4, -0.2) is 0 Å². The highest BCUT2D eigenvalue weighted by atomic mass is 79.9. The first-order chi connectivity index (χ1) is 12.6. The van der Waals surface area contributed by atoms with Gasteiger partial charge in [-0.3, -0.25) is 0 Å². The van der Waals surface area contributed by atoms with Crippen LogP contribution in [0.3, 0.4) is 0 Å². The van der Waals surface area contributed by atoms with Gasteiger partial charge in [0.1, 0.15) is 0 Å². The van der Waals surface area contributed by atoms with Crippen LogP contribution in [0.5, 0.6) is 0 Å². The molecule has 0 nitrogen and oxygen atoms in total. The number of rotatable bonds is 1. The van der Waals surface area contributed by atoms with Crippen molar-refractivity contribution >= 4 is 59.5 Å². The van der Waals surface area contributed by atoms with Crippen molar-refractivity contribution < 1.29 is 0 Å². The van der Waals surface area contributed by atoms with Crippen molar-refractivity contribution in [2.75, 3.05) is 0 Å². The third-order valence-corrected chi connectivity index (χ3v) is 6.76. The zero-order valence-corrected chi connectivity index (χ0v) is 17.2. The van der Waals surface area contributed by atoms with Crippen LogP contribution in [0, 0.1) is 0 Å². The van der Waals surface area contributed by atoms with Gasteiger partial charge in [-0.25, -0.2) is 0 Å². The van der Waals surface area contributed by atoms with E-state index in [2.05, 4.69) is 117 Å². The quantitative estimate of drug-likeness (QED) is 0.201. The van der Waals surface area contributed by atoms with E-state index >= 15 is 0 Å². The number of fused-ring (bicyclic) bond motifs is 4. The third-order valence-electron chi connectivity index (χ3n) is 5.30. The van der Waals surface area contributed by atoms with Gasteiger partial charge in [0.15, 0.2) is 0 Å². The summed E-state index contributed by atoms with van der Waals surface area (Å²) in [4.78, 5) is 0. The van der Waals surface area contributed by atoms with Crippen molar-refractivity contribution in [1.29, 1.82) is 0 Å². The predicted molar refractivity (Wildman–Crippen MR) is 119 cm³/mol. The number of hydrogen-bond donors (Lipinski definition) is 0. The van der Waals surface area contributed by atoms with Crippen molar-refractivity contribution in [3.05, 3.63) is 100 Å². The SMILES string of the molecule is Brc1ccc2c(c1)C=CC(Br)(c1cc3ccccc3c3ccccc13)C2. The van der Waals surface area contributed by atoms with E-state index in [1.165, 1.54) is 38.2 Å². The molecule has 2 heteroatoms. The molecular weight excluding hydrogens is 448 g/mol. The van der Waals surface area contributed by atoms with Gasteiger partial charge in [0.25, 0.3) is 0 Å². The van der Waals surface area contributed by atoms with E-state index in [4.69, 9.17) is 0 Å². The highest BCUT2D eigenvalue weighted by Gasteiger charge is 2.32. The van der Waals surface area contributed by atoms with Crippen LogP contribution in [-0.2, 0) is 10.7 Å². The van der Waals surface area contributed by atoms with Crippen LogP contribution in [0.4, 0.5) is 0 Å². The molecule has 0 saturated carbocycles. The molecule has 1 aliphatic rings. The maximum atomic E-state index is 4.10. The van der Waals surface area contributed by atoms with Gasteiger partial charge in [0.2, 0.25) is 0 Å². The number of halogens is 2. The van der Waals surface area contributed by atoms with Crippen LogP contribution in [0.25, 0.3) is 27.6 Å². The Balaban J connectivity index is 1.77. The lowest BCUT2D eigenvalue weighted by molar-refractivity contribution is 0.782. The smallest absolute Gasteiger partial charge is 0.0735 e. The van der Waals surface area contributed by atoms with Crippen molar-refractivity contribution in [1.82, 2.24) is 0 Å². The molecule has 1 atom stereocenters. The largest absolute Gasteiger partial charge is 0.0751 e. The molecule has 0 fully saturated rings. The molecule has 0 spiro atoms. The summed E-state index contributed by atoms with van der Waals surface area (Å²) in [5.74, 6) is 0. The lowest BCUT2D eigenvalue weighted by Crippen LogP contribution is -2.22. The molecule has 26 heavy (non-hydrogen) atoms. The molecule has 0 heterocycles. The van der Waals surface area contributed by atoms with E-state index in [1.807, 2.05) is 0 Å². The predicted octanol–water partition coefficient (Wildman–Crippen LogP) is 7.62. The van der Waals surface area contributed by atoms with Crippen LogP contribution >= 0.6 is 31.9 Å². The Hall–Kier alpha value is -1.90. The van der Waals surface area contributed by atoms with Gasteiger partial charge in [-0.1, -0.05) is 98.6 Å². The first-order valence-electron chi connectivity index (χ1n) is 8.72. The van der Waals surface area contributed by atoms with E-state index in [9.17, 15) is 0 Å². The summed E-state index contributed by atoms with van der Waals surface area (Å²) in [5, 5.41) is 5.23. The van der Waals surface area contributed by atoms with Crippen molar-refractivity contribution in [3.63, 3.8) is 0 Å². The number of alkyl halides is 1. The van der Waals surface area contributed by atoms with Gasteiger partial charge in [-0.15, -0.1) is 0 Å². The number of hydrogen-bond acceptors (Lipinski definition) is 0. The molecule has 0 N–H and O–H groups in total. The Kier molecular flexibility index (Phi) is 3.80. The molecule has 0 radical (unpaired) electrons. The van der Waals surface area contributed by atoms with E-state index in [1.54, 1.807) is 0 Å². The lowest BCUT2D eigenvalue weighted by atomic mass is 9.82. The highest BCUT2D eigenvalue weighted by Crippen LogP contribution is 2.45. The zero-order chi connectivity index (χ0) is 17.7. The van der Waals surface area contributed by atoms with E-state index < -0.39 is 0 Å². The zero-order valence-electron chi connectivity index (χ0n) is 14.0. The van der Waals surface area contributed by atoms with E-state index in [-0.39, 0.29) is 4.32 Å². The summed E-state index contributed by atoms with van der Waals surface area (Å²) in [6, 6.07) is 26.3. The first kappa shape index (κ1) is 16.3. The standard InChI is InChI=1S/C24H16Br2/c25-19-10-9-18-15-24(26,12-11-16(18)13-19)23-14-17-5-1-2-6-20(17)21-7-3-4-8-22(21)23/h1-14H,15H2. The van der Waals surface area contributed by atoms with Gasteiger partial charge in [0, 0.05) is 4.47 Å². The molecule has 4 aromatic carbocycles. The maximum Gasteiger partial charge on any atom is 0.0735 e. The van der Waals surface area contributed by atoms with Crippen molar-refractivity contribution in [2.45, 2.75) is 10.7 Å². The summed E-state index contributed by atoms with van der Waals surface area (Å²) in [6.07, 6.45) is 5.48. The molecule has 0 aliphatic heterocycles. The Morgan fingerprint density at radius 1 is 0.769 bits per heavy atom. The molecule has 1 aliphatic carbocycles. The van der Waals surface area contributed by atoms with E-state index in [0.717, 1.165) is 10.9 Å². The summed E-state index contributed by atoms with van der Waals surface area (Å²) in [5.41, 5.74) is 3.99. The molecule has 0 saturated heterocycles. The van der Waals surface area contributed by atoms with Crippen LogP contribution in [0.2, 0.25) is 0 Å². The van der Waals surface area contributed by atoms with Crippen LogP contribution in [0.1, 0.15) is 16.7 Å². The molecule has 0 aromatic heterocycles. The molecule has 0 bridgehead atoms. The summed E-state index contributed by atoms with van der Waals surface area (Å²) >= 11 is 7.68. The highest BCUT2D eigenvalue weighted by molar-refractivity contribution is 9.10. The molecule has 5 rings (SSSR count). The second kappa shape index (κ2) is 6.07. The first-order valence-corrected chi connectivity index (χ1v) is 10.3. The maximum absolute atomic E-state index is 4.10. The molecule has 0 amide bonds. The number of benzene rings is 4. The van der Waals surface area contributed by atoms with Crippen molar-refractivity contribution in [2.24, 2.45) is 0 Å². The Bertz CT molecular complexity index is 1190. The lowest BCUT2D eigenvalue weighted by Gasteiger charge is -2.31. The molecule has 4 aromatic rings. The Morgan fingerprint density at radius 2 is 1.50 bits per heavy atom. The molecular formula is C24H16Br2. The van der Waals surface area contributed by atoms with Gasteiger partial charge in [0.05, 0.1) is 4.32 Å². The minimum absolute atomic E-state index is 0.197. The Morgan fingerprint density at radius 3 is 2.35 bits per heavy atom. The van der Waals surface area contributed by atoms with E-state index in [0.29, 0.717) is 0 Å². The van der Waals surface area contributed by atoms with Gasteiger partial charge < -0.3 is 0 Å². The van der Waals surface area contributed by atoms with Gasteiger partial charge in [-0.2, -0.15) is 0 Å². The fourth-order valence-corrected chi connectivity index (χ4v) is 5.16. The van der Waals surface area contributed by atoms with Crippen LogP contribution < -0.4 is 0 Å². The second-order valence-corrected chi connectivity index (χ2v) is 9.24. The number of allylic oxidation sites excluding steroid dienone is 1. The monoisotopic (exact) mass is 462 g/mol. The second-order valence-electron chi connectivity index (χ2n) is 6.91. The Labute approximate surface area is 169 Å². The van der Waals surface area contributed by atoms with Gasteiger partial charge in [-0.05, 0) is 62.9 Å².